The van der Waals surface area contributed by atoms with Gasteiger partial charge in [-0.05, 0) is 78.3 Å². The number of aliphatic hydroxyl groups excluding tert-OH is 1. The van der Waals surface area contributed by atoms with Crippen molar-refractivity contribution in [3.8, 4) is 5.75 Å². The van der Waals surface area contributed by atoms with E-state index in [4.69, 9.17) is 4.74 Å². The molecule has 3 aromatic carbocycles. The summed E-state index contributed by atoms with van der Waals surface area (Å²) in [5.74, 6) is -0.834. The molecule has 0 saturated carbocycles. The maximum atomic E-state index is 13.5. The lowest BCUT2D eigenvalue weighted by atomic mass is 9.87. The van der Waals surface area contributed by atoms with Crippen LogP contribution < -0.4 is 9.64 Å². The van der Waals surface area contributed by atoms with Crippen molar-refractivity contribution in [2.24, 2.45) is 0 Å². The number of aryl methyl sites for hydroxylation is 2. The van der Waals surface area contributed by atoms with Gasteiger partial charge in [0.25, 0.3) is 11.7 Å². The molecule has 1 N–H and O–H groups in total. The highest BCUT2D eigenvalue weighted by Crippen LogP contribution is 2.43. The number of nitrogens with zero attached hydrogens (tertiary/aromatic N) is 1. The van der Waals surface area contributed by atoms with Crippen LogP contribution in [0.5, 0.6) is 5.75 Å². The molecule has 1 aliphatic heterocycles. The van der Waals surface area contributed by atoms with E-state index in [1.165, 1.54) is 4.90 Å². The summed E-state index contributed by atoms with van der Waals surface area (Å²) in [6, 6.07) is 20.1. The van der Waals surface area contributed by atoms with Gasteiger partial charge in [0.2, 0.25) is 0 Å². The van der Waals surface area contributed by atoms with E-state index in [9.17, 15) is 14.7 Å². The van der Waals surface area contributed by atoms with Gasteiger partial charge in [-0.25, -0.2) is 0 Å². The number of anilines is 1. The standard InChI is InChI=1S/C32H35NO4/c1-7-21-9-11-22(12-10-21)28-27(29(34)23-13-18-26(37-8-2)20(3)19-23)30(35)31(36)33(28)25-16-14-24(15-17-25)32(4,5)6/h9-19,28,34H,7-8H2,1-6H3/b29-27-. The molecule has 1 atom stereocenters. The maximum absolute atomic E-state index is 13.5. The molecule has 0 radical (unpaired) electrons. The molecule has 1 aliphatic rings. The number of hydrogen-bond donors (Lipinski definition) is 1. The van der Waals surface area contributed by atoms with Crippen molar-refractivity contribution >= 4 is 23.1 Å². The maximum Gasteiger partial charge on any atom is 0.300 e. The van der Waals surface area contributed by atoms with Crippen LogP contribution in [0.1, 0.15) is 68.5 Å². The molecular weight excluding hydrogens is 462 g/mol. The predicted octanol–water partition coefficient (Wildman–Crippen LogP) is 6.88. The molecule has 0 bridgehead atoms. The zero-order chi connectivity index (χ0) is 26.9. The molecule has 1 saturated heterocycles. The van der Waals surface area contributed by atoms with E-state index >= 15 is 0 Å². The fraction of sp³-hybridized carbons (Fsp3) is 0.312. The Morgan fingerprint density at radius 1 is 0.946 bits per heavy atom. The van der Waals surface area contributed by atoms with Gasteiger partial charge in [0, 0.05) is 11.3 Å². The first-order valence-electron chi connectivity index (χ1n) is 12.8. The average Bonchev–Trinajstić information content (AvgIpc) is 3.14. The smallest absolute Gasteiger partial charge is 0.300 e. The normalized spacial score (nSPS) is 17.4. The second-order valence-corrected chi connectivity index (χ2v) is 10.5. The lowest BCUT2D eigenvalue weighted by molar-refractivity contribution is -0.132. The molecule has 1 heterocycles. The molecular formula is C32H35NO4. The molecule has 5 nitrogen and oxygen atoms in total. The highest BCUT2D eigenvalue weighted by Gasteiger charge is 2.47. The van der Waals surface area contributed by atoms with Crippen LogP contribution in [0.4, 0.5) is 5.69 Å². The van der Waals surface area contributed by atoms with Crippen LogP contribution in [-0.4, -0.2) is 23.4 Å². The predicted molar refractivity (Wildman–Crippen MR) is 148 cm³/mol. The molecule has 0 aromatic heterocycles. The summed E-state index contributed by atoms with van der Waals surface area (Å²) < 4.78 is 5.63. The van der Waals surface area contributed by atoms with Gasteiger partial charge >= 0.3 is 0 Å². The summed E-state index contributed by atoms with van der Waals surface area (Å²) in [4.78, 5) is 28.4. The molecule has 0 spiro atoms. The van der Waals surface area contributed by atoms with Gasteiger partial charge in [-0.2, -0.15) is 0 Å². The topological polar surface area (TPSA) is 66.8 Å². The van der Waals surface area contributed by atoms with Crippen molar-refractivity contribution in [2.45, 2.75) is 59.4 Å². The highest BCUT2D eigenvalue weighted by atomic mass is 16.5. The van der Waals surface area contributed by atoms with Crippen molar-refractivity contribution in [1.29, 1.82) is 0 Å². The van der Waals surface area contributed by atoms with Gasteiger partial charge in [-0.1, -0.05) is 64.1 Å². The Morgan fingerprint density at radius 2 is 1.59 bits per heavy atom. The van der Waals surface area contributed by atoms with Crippen LogP contribution in [0, 0.1) is 6.92 Å². The molecule has 192 valence electrons. The second-order valence-electron chi connectivity index (χ2n) is 10.5. The van der Waals surface area contributed by atoms with Crippen LogP contribution in [-0.2, 0) is 21.4 Å². The van der Waals surface area contributed by atoms with Gasteiger partial charge in [-0.3, -0.25) is 14.5 Å². The Morgan fingerprint density at radius 3 is 2.14 bits per heavy atom. The van der Waals surface area contributed by atoms with E-state index in [2.05, 4.69) is 27.7 Å². The van der Waals surface area contributed by atoms with Gasteiger partial charge in [-0.15, -0.1) is 0 Å². The molecule has 5 heteroatoms. The summed E-state index contributed by atoms with van der Waals surface area (Å²) in [6.07, 6.45) is 0.875. The summed E-state index contributed by atoms with van der Waals surface area (Å²) in [5.41, 5.74) is 4.99. The quantitative estimate of drug-likeness (QED) is 0.229. The number of benzene rings is 3. The van der Waals surface area contributed by atoms with Crippen LogP contribution in [0.3, 0.4) is 0 Å². The van der Waals surface area contributed by atoms with Crippen molar-refractivity contribution in [3.05, 3.63) is 100 Å². The lowest BCUT2D eigenvalue weighted by Crippen LogP contribution is -2.29. The number of ether oxygens (including phenoxy) is 1. The van der Waals surface area contributed by atoms with Gasteiger partial charge < -0.3 is 9.84 Å². The van der Waals surface area contributed by atoms with Gasteiger partial charge in [0.15, 0.2) is 0 Å². The minimum absolute atomic E-state index is 0.0480. The van der Waals surface area contributed by atoms with E-state index in [1.807, 2.05) is 62.4 Å². The summed E-state index contributed by atoms with van der Waals surface area (Å²) >= 11 is 0. The molecule has 1 unspecified atom stereocenters. The molecule has 0 aliphatic carbocycles. The van der Waals surface area contributed by atoms with Crippen LogP contribution in [0.2, 0.25) is 0 Å². The zero-order valence-corrected chi connectivity index (χ0v) is 22.5. The first-order chi connectivity index (χ1) is 17.6. The molecule has 1 amide bonds. The van der Waals surface area contributed by atoms with Crippen molar-refractivity contribution < 1.29 is 19.4 Å². The zero-order valence-electron chi connectivity index (χ0n) is 22.5. The first kappa shape index (κ1) is 26.2. The number of carbonyl (C=O) groups excluding carboxylic acids is 2. The van der Waals surface area contributed by atoms with Crippen molar-refractivity contribution in [1.82, 2.24) is 0 Å². The van der Waals surface area contributed by atoms with E-state index in [1.54, 1.807) is 18.2 Å². The lowest BCUT2D eigenvalue weighted by Gasteiger charge is -2.27. The largest absolute Gasteiger partial charge is 0.507 e. The second kappa shape index (κ2) is 10.3. The molecule has 1 fully saturated rings. The van der Waals surface area contributed by atoms with Crippen molar-refractivity contribution in [3.63, 3.8) is 0 Å². The van der Waals surface area contributed by atoms with Crippen LogP contribution in [0.25, 0.3) is 5.76 Å². The SMILES string of the molecule is CCOc1ccc(/C(O)=C2/C(=O)C(=O)N(c3ccc(C(C)(C)C)cc3)C2c2ccc(CC)cc2)cc1C. The minimum Gasteiger partial charge on any atom is -0.507 e. The van der Waals surface area contributed by atoms with Crippen LogP contribution >= 0.6 is 0 Å². The Hall–Kier alpha value is -3.86. The number of rotatable bonds is 6. The Labute approximate surface area is 219 Å². The van der Waals surface area contributed by atoms with E-state index < -0.39 is 17.7 Å². The Kier molecular flexibility index (Phi) is 7.26. The summed E-state index contributed by atoms with van der Waals surface area (Å²) in [7, 11) is 0. The Bertz CT molecular complexity index is 1350. The fourth-order valence-corrected chi connectivity index (χ4v) is 4.74. The summed E-state index contributed by atoms with van der Waals surface area (Å²) in [5, 5.41) is 11.4. The monoisotopic (exact) mass is 497 g/mol. The minimum atomic E-state index is -0.752. The van der Waals surface area contributed by atoms with Gasteiger partial charge in [0.05, 0.1) is 18.2 Å². The van der Waals surface area contributed by atoms with E-state index in [0.717, 1.165) is 28.7 Å². The number of Topliss-reactive ketones (excluding diaryl/α,β-unsaturated/α-hetero) is 1. The number of carbonyl (C=O) groups is 2. The number of aliphatic hydroxyl groups is 1. The number of hydrogen-bond acceptors (Lipinski definition) is 4. The third-order valence-corrected chi connectivity index (χ3v) is 6.91. The third kappa shape index (κ3) is 5.04. The molecule has 4 rings (SSSR count). The van der Waals surface area contributed by atoms with Crippen molar-refractivity contribution in [2.75, 3.05) is 11.5 Å². The van der Waals surface area contributed by atoms with Crippen LogP contribution in [0.15, 0.2) is 72.3 Å². The molecule has 3 aromatic rings. The number of amides is 1. The van der Waals surface area contributed by atoms with E-state index in [-0.39, 0.29) is 16.7 Å². The summed E-state index contributed by atoms with van der Waals surface area (Å²) in [6.45, 7) is 12.8. The first-order valence-corrected chi connectivity index (χ1v) is 12.8. The number of ketones is 1. The molecule has 37 heavy (non-hydrogen) atoms. The average molecular weight is 498 g/mol. The highest BCUT2D eigenvalue weighted by molar-refractivity contribution is 6.51. The van der Waals surface area contributed by atoms with Gasteiger partial charge in [0.1, 0.15) is 11.5 Å². The Balaban J connectivity index is 1.88. The fourth-order valence-electron chi connectivity index (χ4n) is 4.74. The van der Waals surface area contributed by atoms with E-state index in [0.29, 0.717) is 23.6 Å². The third-order valence-electron chi connectivity index (χ3n) is 6.91.